The molecule has 0 radical (unpaired) electrons. The number of methoxy groups -OCH3 is 1. The zero-order chi connectivity index (χ0) is 36.3. The molecule has 2 amide bonds. The van der Waals surface area contributed by atoms with Gasteiger partial charge in [-0.2, -0.15) is 4.31 Å². The van der Waals surface area contributed by atoms with Crippen LogP contribution >= 0.6 is 11.3 Å². The summed E-state index contributed by atoms with van der Waals surface area (Å²) in [5.41, 5.74) is 3.07. The van der Waals surface area contributed by atoms with Gasteiger partial charge in [-0.1, -0.05) is 30.3 Å². The van der Waals surface area contributed by atoms with Crippen LogP contribution in [0.3, 0.4) is 0 Å². The van der Waals surface area contributed by atoms with Crippen LogP contribution in [-0.2, 0) is 45.2 Å². The number of nitrogens with one attached hydrogen (secondary N) is 2. The summed E-state index contributed by atoms with van der Waals surface area (Å²) in [5.74, 6) is -2.52. The number of rotatable bonds is 11. The van der Waals surface area contributed by atoms with Crippen molar-refractivity contribution >= 4 is 55.8 Å². The van der Waals surface area contributed by atoms with E-state index in [0.717, 1.165) is 58.0 Å². The number of carbonyl (C=O) groups is 4. The molecule has 51 heavy (non-hydrogen) atoms. The second kappa shape index (κ2) is 14.8. The molecule has 1 aliphatic carbocycles. The van der Waals surface area contributed by atoms with Gasteiger partial charge in [-0.05, 0) is 117 Å². The molecule has 266 valence electrons. The minimum atomic E-state index is -4.21. The van der Waals surface area contributed by atoms with Crippen LogP contribution in [0, 0.1) is 0 Å². The first-order valence-corrected chi connectivity index (χ1v) is 19.1. The molecule has 1 saturated heterocycles. The van der Waals surface area contributed by atoms with Crippen molar-refractivity contribution in [2.75, 3.05) is 24.3 Å². The minimum Gasteiger partial charge on any atom is -0.480 e. The van der Waals surface area contributed by atoms with Crippen LogP contribution < -0.4 is 10.6 Å². The van der Waals surface area contributed by atoms with Crippen LogP contribution in [0.5, 0.6) is 0 Å². The van der Waals surface area contributed by atoms with Crippen molar-refractivity contribution in [3.8, 4) is 0 Å². The normalized spacial score (nSPS) is 17.4. The number of ether oxygens (including phenoxy) is 1. The highest BCUT2D eigenvalue weighted by molar-refractivity contribution is 7.89. The topological polar surface area (TPSA) is 159 Å². The quantitative estimate of drug-likeness (QED) is 0.151. The Kier molecular flexibility index (Phi) is 10.4. The van der Waals surface area contributed by atoms with Crippen molar-refractivity contribution in [1.29, 1.82) is 0 Å². The predicted octanol–water partition coefficient (Wildman–Crippen LogP) is 6.33. The molecule has 3 N–H and O–H groups in total. The van der Waals surface area contributed by atoms with E-state index >= 15 is 0 Å². The summed E-state index contributed by atoms with van der Waals surface area (Å²) >= 11 is 1.36. The second-order valence-corrected chi connectivity index (χ2v) is 16.0. The molecule has 0 saturated carbocycles. The number of sulfonamides is 1. The number of carboxylic acid groups (broad SMARTS) is 1. The summed E-state index contributed by atoms with van der Waals surface area (Å²) < 4.78 is 32.9. The average molecular weight is 730 g/mol. The van der Waals surface area contributed by atoms with E-state index in [-0.39, 0.29) is 35.3 Å². The zero-order valence-electron chi connectivity index (χ0n) is 28.4. The molecule has 6 rings (SSSR count). The highest BCUT2D eigenvalue weighted by Gasteiger charge is 2.49. The van der Waals surface area contributed by atoms with Crippen molar-refractivity contribution in [1.82, 2.24) is 4.31 Å². The van der Waals surface area contributed by atoms with E-state index in [1.54, 1.807) is 12.1 Å². The molecule has 1 aromatic heterocycles. The lowest BCUT2D eigenvalue weighted by Crippen LogP contribution is -2.50. The summed E-state index contributed by atoms with van der Waals surface area (Å²) in [6, 6.07) is 20.4. The van der Waals surface area contributed by atoms with Gasteiger partial charge in [0.1, 0.15) is 10.5 Å². The maximum Gasteiger partial charge on any atom is 0.337 e. The van der Waals surface area contributed by atoms with Gasteiger partial charge >= 0.3 is 11.9 Å². The van der Waals surface area contributed by atoms with Gasteiger partial charge < -0.3 is 20.5 Å². The molecule has 1 unspecified atom stereocenters. The number of thiophene rings is 1. The average Bonchev–Trinajstić information content (AvgIpc) is 3.72. The molecule has 1 aliphatic heterocycles. The Morgan fingerprint density at radius 2 is 1.53 bits per heavy atom. The number of aryl methyl sites for hydroxylation is 3. The Bertz CT molecular complexity index is 2090. The maximum atomic E-state index is 13.8. The largest absolute Gasteiger partial charge is 0.480 e. The Morgan fingerprint density at radius 1 is 0.863 bits per heavy atom. The van der Waals surface area contributed by atoms with Crippen LogP contribution in [0.25, 0.3) is 0 Å². The Morgan fingerprint density at radius 3 is 2.20 bits per heavy atom. The molecular formula is C38H39N3O8S2. The minimum absolute atomic E-state index is 0.0671. The third-order valence-electron chi connectivity index (χ3n) is 9.63. The summed E-state index contributed by atoms with van der Waals surface area (Å²) in [4.78, 5) is 51.9. The zero-order valence-corrected chi connectivity index (χ0v) is 30.0. The summed E-state index contributed by atoms with van der Waals surface area (Å²) in [7, 11) is -2.86. The highest BCUT2D eigenvalue weighted by atomic mass is 32.2. The SMILES string of the molecule is COC(=O)c1ccc(CCc2ccc(NC(=O)c3c(NC(=O)c4cccc(S(=O)(=O)N5CCCC5(C)C(=O)O)c4)sc4c3CCCC4)cc2)cc1. The molecule has 0 bridgehead atoms. The van der Waals surface area contributed by atoms with E-state index < -0.39 is 27.4 Å². The summed E-state index contributed by atoms with van der Waals surface area (Å²) in [6.07, 6.45) is 5.53. The first kappa shape index (κ1) is 36.0. The Balaban J connectivity index is 1.16. The van der Waals surface area contributed by atoms with Gasteiger partial charge in [0.2, 0.25) is 10.0 Å². The van der Waals surface area contributed by atoms with Gasteiger partial charge in [0, 0.05) is 22.7 Å². The smallest absolute Gasteiger partial charge is 0.337 e. The predicted molar refractivity (Wildman–Crippen MR) is 194 cm³/mol. The van der Waals surface area contributed by atoms with E-state index in [0.29, 0.717) is 34.7 Å². The number of anilines is 2. The lowest BCUT2D eigenvalue weighted by atomic mass is 9.95. The summed E-state index contributed by atoms with van der Waals surface area (Å²) in [6.45, 7) is 1.46. The number of hydrogen-bond donors (Lipinski definition) is 3. The number of esters is 1. The van der Waals surface area contributed by atoms with Gasteiger partial charge in [-0.15, -0.1) is 11.3 Å². The second-order valence-electron chi connectivity index (χ2n) is 13.0. The van der Waals surface area contributed by atoms with Gasteiger partial charge in [0.05, 0.1) is 23.1 Å². The molecular weight excluding hydrogens is 691 g/mol. The Hall–Kier alpha value is -4.85. The van der Waals surface area contributed by atoms with Crippen molar-refractivity contribution in [3.05, 3.63) is 111 Å². The summed E-state index contributed by atoms with van der Waals surface area (Å²) in [5, 5.41) is 16.0. The van der Waals surface area contributed by atoms with E-state index in [4.69, 9.17) is 4.74 Å². The first-order valence-electron chi connectivity index (χ1n) is 16.8. The standard InChI is InChI=1S/C38H39N3O8S2/c1-38(37(45)46)21-6-22-41(38)51(47,48)29-8-5-7-27(23-29)33(42)40-35-32(30-9-3-4-10-31(30)50-35)34(43)39-28-19-15-25(16-20-28)12-11-24-13-17-26(18-14-24)36(44)49-2/h5,7-8,13-20,23H,3-4,6,9-12,21-22H2,1-2H3,(H,39,43)(H,40,42)(H,45,46). The number of nitrogens with zero attached hydrogens (tertiary/aromatic N) is 1. The molecule has 13 heteroatoms. The van der Waals surface area contributed by atoms with Gasteiger partial charge in [0.25, 0.3) is 11.8 Å². The maximum absolute atomic E-state index is 13.8. The first-order chi connectivity index (χ1) is 24.4. The van der Waals surface area contributed by atoms with Gasteiger partial charge in [-0.25, -0.2) is 13.2 Å². The fraction of sp³-hybridized carbons (Fsp3) is 0.316. The van der Waals surface area contributed by atoms with Crippen LogP contribution in [0.1, 0.15) is 85.2 Å². The molecule has 0 spiro atoms. The van der Waals surface area contributed by atoms with E-state index in [1.165, 1.54) is 49.6 Å². The fourth-order valence-corrected chi connectivity index (χ4v) is 9.83. The number of carbonyl (C=O) groups excluding carboxylic acids is 3. The third-order valence-corrected chi connectivity index (χ3v) is 12.9. The van der Waals surface area contributed by atoms with Crippen LogP contribution in [0.2, 0.25) is 0 Å². The van der Waals surface area contributed by atoms with Crippen LogP contribution in [-0.4, -0.2) is 60.8 Å². The molecule has 2 aliphatic rings. The van der Waals surface area contributed by atoms with Crippen molar-refractivity contribution in [3.63, 3.8) is 0 Å². The third kappa shape index (κ3) is 7.46. The van der Waals surface area contributed by atoms with Gasteiger partial charge in [0.15, 0.2) is 0 Å². The lowest BCUT2D eigenvalue weighted by molar-refractivity contribution is -0.146. The number of amides is 2. The van der Waals surface area contributed by atoms with Crippen LogP contribution in [0.4, 0.5) is 10.7 Å². The van der Waals surface area contributed by atoms with E-state index in [1.807, 2.05) is 36.4 Å². The van der Waals surface area contributed by atoms with Crippen molar-refractivity contribution in [2.45, 2.75) is 68.7 Å². The molecule has 3 aromatic carbocycles. The van der Waals surface area contributed by atoms with Crippen molar-refractivity contribution in [2.24, 2.45) is 0 Å². The highest BCUT2D eigenvalue weighted by Crippen LogP contribution is 2.39. The molecule has 4 aromatic rings. The lowest BCUT2D eigenvalue weighted by Gasteiger charge is -2.30. The monoisotopic (exact) mass is 729 g/mol. The van der Waals surface area contributed by atoms with Crippen LogP contribution in [0.15, 0.2) is 77.7 Å². The fourth-order valence-electron chi connectivity index (χ4n) is 6.69. The molecule has 2 heterocycles. The van der Waals surface area contributed by atoms with Crippen molar-refractivity contribution < 1.29 is 37.4 Å². The number of aliphatic carboxylic acids is 1. The number of benzene rings is 3. The molecule has 1 fully saturated rings. The van der Waals surface area contributed by atoms with E-state index in [9.17, 15) is 32.7 Å². The molecule has 11 nitrogen and oxygen atoms in total. The molecule has 1 atom stereocenters. The van der Waals surface area contributed by atoms with E-state index in [2.05, 4.69) is 10.6 Å². The number of fused-ring (bicyclic) bond motifs is 1. The Labute approximate surface area is 300 Å². The number of carboxylic acids is 1. The van der Waals surface area contributed by atoms with Gasteiger partial charge in [-0.3, -0.25) is 14.4 Å². The number of hydrogen-bond acceptors (Lipinski definition) is 8.